The van der Waals surface area contributed by atoms with Crippen LogP contribution in [0.1, 0.15) is 18.4 Å². The van der Waals surface area contributed by atoms with Crippen molar-refractivity contribution in [2.45, 2.75) is 43.4 Å². The lowest BCUT2D eigenvalue weighted by Gasteiger charge is -2.25. The molecule has 1 aromatic rings. The smallest absolute Gasteiger partial charge is 0.326 e. The molecule has 8 N–H and O–H groups in total. The first-order valence-electron chi connectivity index (χ1n) is 10.9. The van der Waals surface area contributed by atoms with Gasteiger partial charge < -0.3 is 37.0 Å². The molecule has 1 rings (SSSR count). The molecule has 0 fully saturated rings. The van der Waals surface area contributed by atoms with Crippen LogP contribution in [0.4, 0.5) is 0 Å². The van der Waals surface area contributed by atoms with Crippen LogP contribution in [-0.2, 0) is 25.6 Å². The number of phenolic OH excluding ortho intramolecular Hbond substituents is 1. The van der Waals surface area contributed by atoms with Gasteiger partial charge >= 0.3 is 5.97 Å². The van der Waals surface area contributed by atoms with Crippen LogP contribution in [0.2, 0.25) is 0 Å². The minimum Gasteiger partial charge on any atom is -0.508 e. The number of aliphatic hydroxyl groups is 1. The number of benzene rings is 1. The SMILES string of the molecule is CSCCC(NC(=O)C(Cc1ccc(O)cc1)NC(=O)C(CCSC)NC(=O)C(N)CO)C(=O)O. The lowest BCUT2D eigenvalue weighted by molar-refractivity contribution is -0.142. The minimum absolute atomic E-state index is 0.0199. The van der Waals surface area contributed by atoms with Crippen molar-refractivity contribution in [1.82, 2.24) is 16.0 Å². The molecular weight excluding hydrogens is 496 g/mol. The van der Waals surface area contributed by atoms with Crippen molar-refractivity contribution in [1.29, 1.82) is 0 Å². The number of phenols is 1. The van der Waals surface area contributed by atoms with Crippen molar-refractivity contribution in [2.75, 3.05) is 30.6 Å². The number of nitrogens with two attached hydrogens (primary N) is 1. The maximum atomic E-state index is 13.1. The van der Waals surface area contributed by atoms with E-state index in [0.717, 1.165) is 0 Å². The number of carboxylic acid groups (broad SMARTS) is 1. The average Bonchev–Trinajstić information content (AvgIpc) is 2.83. The summed E-state index contributed by atoms with van der Waals surface area (Å²) in [5.74, 6) is -2.17. The number of amides is 3. The summed E-state index contributed by atoms with van der Waals surface area (Å²) in [6, 6.07) is 1.52. The van der Waals surface area contributed by atoms with Gasteiger partial charge in [0.2, 0.25) is 17.7 Å². The highest BCUT2D eigenvalue weighted by Gasteiger charge is 2.30. The third-order valence-corrected chi connectivity index (χ3v) is 6.30. The Morgan fingerprint density at radius 3 is 1.86 bits per heavy atom. The molecule has 4 atom stereocenters. The van der Waals surface area contributed by atoms with E-state index in [-0.39, 0.29) is 25.0 Å². The van der Waals surface area contributed by atoms with Gasteiger partial charge in [-0.3, -0.25) is 14.4 Å². The summed E-state index contributed by atoms with van der Waals surface area (Å²) in [4.78, 5) is 49.9. The Balaban J connectivity index is 3.10. The molecule has 1 aromatic carbocycles. The Kier molecular flexibility index (Phi) is 14.2. The molecule has 0 saturated heterocycles. The molecule has 3 amide bonds. The Hall–Kier alpha value is -2.48. The second-order valence-electron chi connectivity index (χ2n) is 7.74. The molecule has 0 spiro atoms. The summed E-state index contributed by atoms with van der Waals surface area (Å²) in [7, 11) is 0. The van der Waals surface area contributed by atoms with Crippen LogP contribution in [0.15, 0.2) is 24.3 Å². The van der Waals surface area contributed by atoms with E-state index in [4.69, 9.17) is 10.8 Å². The molecule has 0 aliphatic rings. The van der Waals surface area contributed by atoms with Gasteiger partial charge in [-0.15, -0.1) is 0 Å². The molecule has 0 heterocycles. The largest absolute Gasteiger partial charge is 0.508 e. The fourth-order valence-corrected chi connectivity index (χ4v) is 3.92. The normalized spacial score (nSPS) is 14.3. The van der Waals surface area contributed by atoms with Gasteiger partial charge in [-0.2, -0.15) is 23.5 Å². The van der Waals surface area contributed by atoms with Gasteiger partial charge in [0, 0.05) is 6.42 Å². The summed E-state index contributed by atoms with van der Waals surface area (Å²) in [5.41, 5.74) is 6.16. The first kappa shape index (κ1) is 30.6. The summed E-state index contributed by atoms with van der Waals surface area (Å²) >= 11 is 2.90. The van der Waals surface area contributed by atoms with E-state index < -0.39 is 54.5 Å². The predicted octanol–water partition coefficient (Wildman–Crippen LogP) is -0.700. The summed E-state index contributed by atoms with van der Waals surface area (Å²) < 4.78 is 0. The molecule has 196 valence electrons. The van der Waals surface area contributed by atoms with Gasteiger partial charge in [0.25, 0.3) is 0 Å². The van der Waals surface area contributed by atoms with Gasteiger partial charge in [0.15, 0.2) is 0 Å². The molecular formula is C22H34N4O7S2. The van der Waals surface area contributed by atoms with Gasteiger partial charge in [-0.25, -0.2) is 4.79 Å². The van der Waals surface area contributed by atoms with Gasteiger partial charge in [0.05, 0.1) is 6.61 Å². The van der Waals surface area contributed by atoms with E-state index in [0.29, 0.717) is 17.1 Å². The number of hydrogen-bond acceptors (Lipinski definition) is 9. The van der Waals surface area contributed by atoms with Crippen molar-refractivity contribution in [3.05, 3.63) is 29.8 Å². The Morgan fingerprint density at radius 1 is 0.857 bits per heavy atom. The van der Waals surface area contributed by atoms with E-state index in [1.54, 1.807) is 12.1 Å². The van der Waals surface area contributed by atoms with Crippen molar-refractivity contribution < 1.29 is 34.5 Å². The number of aliphatic hydroxyl groups excluding tert-OH is 1. The highest BCUT2D eigenvalue weighted by molar-refractivity contribution is 7.98. The molecule has 0 aliphatic carbocycles. The van der Waals surface area contributed by atoms with E-state index in [2.05, 4.69) is 16.0 Å². The number of rotatable bonds is 16. The second-order valence-corrected chi connectivity index (χ2v) is 9.72. The Bertz CT molecular complexity index is 842. The summed E-state index contributed by atoms with van der Waals surface area (Å²) in [6.07, 6.45) is 4.12. The molecule has 35 heavy (non-hydrogen) atoms. The third-order valence-electron chi connectivity index (χ3n) is 5.01. The standard InChI is InChI=1S/C22H34N4O7S2/c1-34-9-7-16(24-19(29)15(23)12-27)20(30)26-18(11-13-3-5-14(28)6-4-13)21(31)25-17(22(32)33)8-10-35-2/h3-6,15-18,27-28H,7-12,23H2,1-2H3,(H,24,29)(H,25,31)(H,26,30)(H,32,33). The molecule has 0 radical (unpaired) electrons. The topological polar surface area (TPSA) is 191 Å². The number of hydrogen-bond donors (Lipinski definition) is 7. The van der Waals surface area contributed by atoms with Gasteiger partial charge in [-0.1, -0.05) is 12.1 Å². The Morgan fingerprint density at radius 2 is 1.34 bits per heavy atom. The van der Waals surface area contributed by atoms with Crippen LogP contribution in [-0.4, -0.2) is 93.8 Å². The highest BCUT2D eigenvalue weighted by Crippen LogP contribution is 2.12. The van der Waals surface area contributed by atoms with Crippen molar-refractivity contribution >= 4 is 47.2 Å². The Labute approximate surface area is 213 Å². The first-order valence-corrected chi connectivity index (χ1v) is 13.7. The average molecular weight is 531 g/mol. The van der Waals surface area contributed by atoms with Crippen LogP contribution in [0, 0.1) is 0 Å². The van der Waals surface area contributed by atoms with Gasteiger partial charge in [-0.05, 0) is 54.6 Å². The zero-order chi connectivity index (χ0) is 26.4. The molecule has 13 heteroatoms. The lowest BCUT2D eigenvalue weighted by Crippen LogP contribution is -2.58. The summed E-state index contributed by atoms with van der Waals surface area (Å²) in [5, 5.41) is 35.7. The van der Waals surface area contributed by atoms with Crippen molar-refractivity contribution in [3.8, 4) is 5.75 Å². The van der Waals surface area contributed by atoms with Crippen LogP contribution in [0.5, 0.6) is 5.75 Å². The maximum Gasteiger partial charge on any atom is 0.326 e. The monoisotopic (exact) mass is 530 g/mol. The number of aromatic hydroxyl groups is 1. The zero-order valence-electron chi connectivity index (χ0n) is 19.7. The second kappa shape index (κ2) is 16.2. The van der Waals surface area contributed by atoms with Crippen LogP contribution >= 0.6 is 23.5 Å². The third kappa shape index (κ3) is 11.2. The quantitative estimate of drug-likeness (QED) is 0.144. The number of carbonyl (C=O) groups excluding carboxylic acids is 3. The number of carbonyl (C=O) groups is 4. The minimum atomic E-state index is -1.21. The van der Waals surface area contributed by atoms with Crippen LogP contribution in [0.3, 0.4) is 0 Å². The maximum absolute atomic E-state index is 13.1. The molecule has 0 saturated carbocycles. The first-order chi connectivity index (χ1) is 16.6. The van der Waals surface area contributed by atoms with E-state index >= 15 is 0 Å². The van der Waals surface area contributed by atoms with Crippen molar-refractivity contribution in [3.63, 3.8) is 0 Å². The molecule has 0 bridgehead atoms. The molecule has 0 aliphatic heterocycles. The number of thioether (sulfide) groups is 2. The van der Waals surface area contributed by atoms with E-state index in [1.165, 1.54) is 35.7 Å². The fourth-order valence-electron chi connectivity index (χ4n) is 2.98. The number of aliphatic carboxylic acids is 1. The van der Waals surface area contributed by atoms with Crippen LogP contribution in [0.25, 0.3) is 0 Å². The lowest BCUT2D eigenvalue weighted by atomic mass is 10.0. The number of carboxylic acids is 1. The van der Waals surface area contributed by atoms with Crippen LogP contribution < -0.4 is 21.7 Å². The van der Waals surface area contributed by atoms with E-state index in [9.17, 15) is 29.4 Å². The fraction of sp³-hybridized carbons (Fsp3) is 0.545. The molecule has 11 nitrogen and oxygen atoms in total. The van der Waals surface area contributed by atoms with E-state index in [1.807, 2.05) is 12.5 Å². The molecule has 0 aromatic heterocycles. The molecule has 4 unspecified atom stereocenters. The summed E-state index contributed by atoms with van der Waals surface area (Å²) in [6.45, 7) is -0.596. The predicted molar refractivity (Wildman–Crippen MR) is 136 cm³/mol. The van der Waals surface area contributed by atoms with Gasteiger partial charge in [0.1, 0.15) is 29.9 Å². The highest BCUT2D eigenvalue weighted by atomic mass is 32.2. The van der Waals surface area contributed by atoms with Crippen molar-refractivity contribution in [2.24, 2.45) is 5.73 Å². The number of nitrogens with one attached hydrogen (secondary N) is 3. The zero-order valence-corrected chi connectivity index (χ0v) is 21.4.